The van der Waals surface area contributed by atoms with E-state index in [1.165, 1.54) is 0 Å². The summed E-state index contributed by atoms with van der Waals surface area (Å²) in [6.07, 6.45) is 0.137. The highest BCUT2D eigenvalue weighted by atomic mass is 79.9. The number of halogens is 2. The molecular weight excluding hydrogens is 265 g/mol. The van der Waals surface area contributed by atoms with Crippen molar-refractivity contribution in [3.05, 3.63) is 21.9 Å². The summed E-state index contributed by atoms with van der Waals surface area (Å²) in [5.74, 6) is -1.40. The van der Waals surface area contributed by atoms with E-state index in [1.807, 2.05) is 0 Å². The van der Waals surface area contributed by atoms with Crippen molar-refractivity contribution < 1.29 is 14.6 Å². The van der Waals surface area contributed by atoms with Gasteiger partial charge in [0.1, 0.15) is 5.82 Å². The zero-order valence-corrected chi connectivity index (χ0v) is 10.1. The summed E-state index contributed by atoms with van der Waals surface area (Å²) in [6.45, 7) is 3.42. The topological polar surface area (TPSA) is 66.5 Å². The maximum absolute atomic E-state index is 13.6. The second-order valence-electron chi connectivity index (χ2n) is 4.18. The molecule has 84 valence electrons. The van der Waals surface area contributed by atoms with E-state index in [1.54, 1.807) is 13.8 Å². The van der Waals surface area contributed by atoms with E-state index >= 15 is 0 Å². The minimum atomic E-state index is -0.661. The molecule has 0 aliphatic heterocycles. The van der Waals surface area contributed by atoms with Crippen LogP contribution >= 0.6 is 15.9 Å². The maximum Gasteiger partial charge on any atom is 0.163 e. The number of phenols is 2. The molecule has 0 aliphatic rings. The minimum Gasteiger partial charge on any atom is -0.504 e. The zero-order chi connectivity index (χ0) is 11.8. The van der Waals surface area contributed by atoms with Crippen LogP contribution in [0.4, 0.5) is 4.39 Å². The van der Waals surface area contributed by atoms with Crippen LogP contribution in [-0.2, 0) is 6.42 Å². The average molecular weight is 278 g/mol. The molecule has 0 saturated heterocycles. The van der Waals surface area contributed by atoms with Crippen LogP contribution in [0.2, 0.25) is 0 Å². The monoisotopic (exact) mass is 277 g/mol. The van der Waals surface area contributed by atoms with Crippen LogP contribution in [0.5, 0.6) is 11.5 Å². The smallest absolute Gasteiger partial charge is 0.163 e. The lowest BCUT2D eigenvalue weighted by molar-refractivity contribution is 0.385. The SMILES string of the molecule is CC(C)(N)Cc1c(O)c(O)cc(Br)c1F. The van der Waals surface area contributed by atoms with E-state index in [2.05, 4.69) is 15.9 Å². The van der Waals surface area contributed by atoms with Gasteiger partial charge in [0.05, 0.1) is 4.47 Å². The Balaban J connectivity index is 3.27. The normalized spacial score (nSPS) is 11.8. The Hall–Kier alpha value is -0.810. The van der Waals surface area contributed by atoms with Gasteiger partial charge in [-0.15, -0.1) is 0 Å². The highest BCUT2D eigenvalue weighted by molar-refractivity contribution is 9.10. The molecule has 0 bridgehead atoms. The summed E-state index contributed by atoms with van der Waals surface area (Å²) < 4.78 is 13.7. The number of hydrogen-bond donors (Lipinski definition) is 3. The number of nitrogens with two attached hydrogens (primary N) is 1. The van der Waals surface area contributed by atoms with Crippen LogP contribution in [0.3, 0.4) is 0 Å². The summed E-state index contributed by atoms with van der Waals surface area (Å²) in [4.78, 5) is 0. The van der Waals surface area contributed by atoms with E-state index in [4.69, 9.17) is 5.73 Å². The van der Waals surface area contributed by atoms with Crippen molar-refractivity contribution >= 4 is 15.9 Å². The van der Waals surface area contributed by atoms with E-state index in [-0.39, 0.29) is 22.2 Å². The zero-order valence-electron chi connectivity index (χ0n) is 8.51. The predicted molar refractivity (Wildman–Crippen MR) is 59.4 cm³/mol. The second-order valence-corrected chi connectivity index (χ2v) is 5.04. The summed E-state index contributed by atoms with van der Waals surface area (Å²) in [5.41, 5.74) is 5.09. The molecule has 1 aromatic carbocycles. The molecule has 1 rings (SSSR count). The van der Waals surface area contributed by atoms with Gasteiger partial charge in [0, 0.05) is 17.2 Å². The Bertz CT molecular complexity index is 362. The van der Waals surface area contributed by atoms with Crippen LogP contribution in [0.25, 0.3) is 0 Å². The second kappa shape index (κ2) is 3.98. The fraction of sp³-hybridized carbons (Fsp3) is 0.400. The van der Waals surface area contributed by atoms with E-state index < -0.39 is 17.1 Å². The molecule has 5 heteroatoms. The van der Waals surface area contributed by atoms with Gasteiger partial charge in [-0.05, 0) is 36.2 Å². The molecule has 0 saturated carbocycles. The Morgan fingerprint density at radius 1 is 1.47 bits per heavy atom. The number of aromatic hydroxyl groups is 2. The van der Waals surface area contributed by atoms with Gasteiger partial charge in [0.15, 0.2) is 11.5 Å². The molecule has 1 aromatic rings. The molecule has 0 amide bonds. The predicted octanol–water partition coefficient (Wildman–Crippen LogP) is 2.28. The number of rotatable bonds is 2. The molecule has 0 atom stereocenters. The van der Waals surface area contributed by atoms with Gasteiger partial charge < -0.3 is 15.9 Å². The summed E-state index contributed by atoms with van der Waals surface area (Å²) in [6, 6.07) is 1.11. The first-order chi connectivity index (χ1) is 6.72. The van der Waals surface area contributed by atoms with Gasteiger partial charge in [0.25, 0.3) is 0 Å². The van der Waals surface area contributed by atoms with Crippen LogP contribution < -0.4 is 5.73 Å². The van der Waals surface area contributed by atoms with Gasteiger partial charge in [-0.2, -0.15) is 0 Å². The van der Waals surface area contributed by atoms with Crippen LogP contribution in [0.15, 0.2) is 10.5 Å². The highest BCUT2D eigenvalue weighted by Gasteiger charge is 2.22. The van der Waals surface area contributed by atoms with Crippen molar-refractivity contribution in [1.82, 2.24) is 0 Å². The Morgan fingerprint density at radius 3 is 2.47 bits per heavy atom. The average Bonchev–Trinajstić information content (AvgIpc) is 2.08. The third kappa shape index (κ3) is 2.82. The van der Waals surface area contributed by atoms with Gasteiger partial charge in [-0.3, -0.25) is 0 Å². The standard InChI is InChI=1S/C10H13BrFNO2/c1-10(2,13)4-5-8(12)6(11)3-7(14)9(5)15/h3,14-15H,4,13H2,1-2H3. The molecule has 0 radical (unpaired) electrons. The minimum absolute atomic E-state index is 0.0226. The van der Waals surface area contributed by atoms with E-state index in [9.17, 15) is 14.6 Å². The maximum atomic E-state index is 13.6. The van der Waals surface area contributed by atoms with Crippen molar-refractivity contribution in [3.8, 4) is 11.5 Å². The van der Waals surface area contributed by atoms with Gasteiger partial charge in [-0.1, -0.05) is 0 Å². The van der Waals surface area contributed by atoms with Crippen LogP contribution in [-0.4, -0.2) is 15.8 Å². The number of hydrogen-bond acceptors (Lipinski definition) is 3. The van der Waals surface area contributed by atoms with E-state index in [0.29, 0.717) is 0 Å². The fourth-order valence-corrected chi connectivity index (χ4v) is 1.73. The lowest BCUT2D eigenvalue weighted by Gasteiger charge is -2.20. The van der Waals surface area contributed by atoms with Crippen molar-refractivity contribution in [2.75, 3.05) is 0 Å². The molecule has 15 heavy (non-hydrogen) atoms. The van der Waals surface area contributed by atoms with Crippen molar-refractivity contribution in [3.63, 3.8) is 0 Å². The highest BCUT2D eigenvalue weighted by Crippen LogP contribution is 2.37. The summed E-state index contributed by atoms with van der Waals surface area (Å²) >= 11 is 2.95. The number of benzene rings is 1. The lowest BCUT2D eigenvalue weighted by atomic mass is 9.95. The van der Waals surface area contributed by atoms with Gasteiger partial charge >= 0.3 is 0 Å². The Kier molecular flexibility index (Phi) is 3.25. The molecule has 0 fully saturated rings. The molecule has 0 aliphatic carbocycles. The first kappa shape index (κ1) is 12.3. The van der Waals surface area contributed by atoms with Crippen LogP contribution in [0, 0.1) is 5.82 Å². The molecular formula is C10H13BrFNO2. The molecule has 0 heterocycles. The van der Waals surface area contributed by atoms with Gasteiger partial charge in [0.2, 0.25) is 0 Å². The lowest BCUT2D eigenvalue weighted by Crippen LogP contribution is -2.34. The Labute approximate surface area is 95.9 Å². The fourth-order valence-electron chi connectivity index (χ4n) is 1.27. The van der Waals surface area contributed by atoms with Crippen molar-refractivity contribution in [2.45, 2.75) is 25.8 Å². The molecule has 3 nitrogen and oxygen atoms in total. The number of phenolic OH excluding ortho intramolecular Hbond substituents is 2. The largest absolute Gasteiger partial charge is 0.504 e. The van der Waals surface area contributed by atoms with E-state index in [0.717, 1.165) is 6.07 Å². The molecule has 4 N–H and O–H groups in total. The Morgan fingerprint density at radius 2 is 2.00 bits per heavy atom. The summed E-state index contributed by atoms with van der Waals surface area (Å²) in [5, 5.41) is 18.8. The van der Waals surface area contributed by atoms with Gasteiger partial charge in [-0.25, -0.2) is 4.39 Å². The van der Waals surface area contributed by atoms with Crippen molar-refractivity contribution in [1.29, 1.82) is 0 Å². The molecule has 0 spiro atoms. The van der Waals surface area contributed by atoms with Crippen molar-refractivity contribution in [2.24, 2.45) is 5.73 Å². The first-order valence-corrected chi connectivity index (χ1v) is 5.19. The summed E-state index contributed by atoms with van der Waals surface area (Å²) in [7, 11) is 0. The third-order valence-electron chi connectivity index (χ3n) is 1.90. The quantitative estimate of drug-likeness (QED) is 0.727. The van der Waals surface area contributed by atoms with Crippen LogP contribution in [0.1, 0.15) is 19.4 Å². The first-order valence-electron chi connectivity index (χ1n) is 4.40. The molecule has 0 unspecified atom stereocenters. The third-order valence-corrected chi connectivity index (χ3v) is 2.48. The molecule has 0 aromatic heterocycles.